The van der Waals surface area contributed by atoms with Gasteiger partial charge in [-0.15, -0.1) is 0 Å². The first kappa shape index (κ1) is 14.9. The quantitative estimate of drug-likeness (QED) is 0.440. The molecule has 0 radical (unpaired) electrons. The number of rotatable bonds is 5. The molecule has 0 aromatic carbocycles. The van der Waals surface area contributed by atoms with E-state index in [1.807, 2.05) is 6.92 Å². The highest BCUT2D eigenvalue weighted by atomic mass is 16.2. The SMILES string of the molecule is CCNC(=O)C(C)NC(=O)c1cnc(C)cc1NN. The minimum Gasteiger partial charge on any atom is -0.355 e. The average Bonchev–Trinajstić information content (AvgIpc) is 2.38. The minimum absolute atomic E-state index is 0.238. The Balaban J connectivity index is 2.81. The van der Waals surface area contributed by atoms with Crippen molar-refractivity contribution < 1.29 is 9.59 Å². The third-order valence-electron chi connectivity index (χ3n) is 2.53. The summed E-state index contributed by atoms with van der Waals surface area (Å²) in [6, 6.07) is 1.03. The molecule has 1 atom stereocenters. The third-order valence-corrected chi connectivity index (χ3v) is 2.53. The highest BCUT2D eigenvalue weighted by Crippen LogP contribution is 2.14. The molecule has 1 aromatic rings. The molecule has 104 valence electrons. The zero-order chi connectivity index (χ0) is 14.4. The van der Waals surface area contributed by atoms with E-state index >= 15 is 0 Å². The predicted octanol–water partition coefficient (Wildman–Crippen LogP) is -0.0700. The largest absolute Gasteiger partial charge is 0.355 e. The van der Waals surface area contributed by atoms with Gasteiger partial charge in [-0.25, -0.2) is 0 Å². The van der Waals surface area contributed by atoms with Crippen LogP contribution >= 0.6 is 0 Å². The van der Waals surface area contributed by atoms with Crippen LogP contribution in [0.1, 0.15) is 29.9 Å². The van der Waals surface area contributed by atoms with Crippen molar-refractivity contribution >= 4 is 17.5 Å². The van der Waals surface area contributed by atoms with E-state index in [4.69, 9.17) is 5.84 Å². The van der Waals surface area contributed by atoms with Gasteiger partial charge < -0.3 is 16.1 Å². The first-order chi connectivity index (χ1) is 8.99. The van der Waals surface area contributed by atoms with Crippen LogP contribution in [0.3, 0.4) is 0 Å². The fourth-order valence-electron chi connectivity index (χ4n) is 1.53. The van der Waals surface area contributed by atoms with Gasteiger partial charge in [-0.3, -0.25) is 20.4 Å². The Morgan fingerprint density at radius 1 is 1.47 bits per heavy atom. The van der Waals surface area contributed by atoms with Crippen LogP contribution in [0.2, 0.25) is 0 Å². The highest BCUT2D eigenvalue weighted by molar-refractivity contribution is 6.01. The van der Waals surface area contributed by atoms with E-state index in [0.717, 1.165) is 5.69 Å². The van der Waals surface area contributed by atoms with Crippen LogP contribution in [0.15, 0.2) is 12.3 Å². The molecule has 0 saturated carbocycles. The van der Waals surface area contributed by atoms with Crippen LogP contribution in [0.5, 0.6) is 0 Å². The summed E-state index contributed by atoms with van der Waals surface area (Å²) in [6.07, 6.45) is 1.42. The second kappa shape index (κ2) is 6.69. The van der Waals surface area contributed by atoms with Gasteiger partial charge >= 0.3 is 0 Å². The molecule has 0 aliphatic heterocycles. The van der Waals surface area contributed by atoms with Crippen molar-refractivity contribution in [3.05, 3.63) is 23.5 Å². The van der Waals surface area contributed by atoms with E-state index in [-0.39, 0.29) is 5.91 Å². The zero-order valence-corrected chi connectivity index (χ0v) is 11.3. The smallest absolute Gasteiger partial charge is 0.255 e. The molecule has 0 fully saturated rings. The molecular weight excluding hydrogens is 246 g/mol. The summed E-state index contributed by atoms with van der Waals surface area (Å²) in [5.41, 5.74) is 3.94. The number of nitrogens with zero attached hydrogens (tertiary/aromatic N) is 1. The molecule has 19 heavy (non-hydrogen) atoms. The maximum atomic E-state index is 12.0. The number of nitrogens with one attached hydrogen (secondary N) is 3. The summed E-state index contributed by atoms with van der Waals surface area (Å²) < 4.78 is 0. The van der Waals surface area contributed by atoms with Crippen molar-refractivity contribution in [1.82, 2.24) is 15.6 Å². The maximum absolute atomic E-state index is 12.0. The van der Waals surface area contributed by atoms with E-state index in [0.29, 0.717) is 17.8 Å². The van der Waals surface area contributed by atoms with Gasteiger partial charge in [0.15, 0.2) is 0 Å². The van der Waals surface area contributed by atoms with Crippen LogP contribution in [0.4, 0.5) is 5.69 Å². The van der Waals surface area contributed by atoms with Crippen molar-refractivity contribution in [2.45, 2.75) is 26.8 Å². The molecule has 0 aliphatic carbocycles. The molecule has 7 heteroatoms. The van der Waals surface area contributed by atoms with Gasteiger partial charge in [0.25, 0.3) is 5.91 Å². The number of hydrogen-bond donors (Lipinski definition) is 4. The van der Waals surface area contributed by atoms with Crippen LogP contribution in [0.25, 0.3) is 0 Å². The van der Waals surface area contributed by atoms with E-state index in [1.165, 1.54) is 6.20 Å². The first-order valence-corrected chi connectivity index (χ1v) is 6.01. The molecule has 5 N–H and O–H groups in total. The van der Waals surface area contributed by atoms with Crippen LogP contribution in [0, 0.1) is 6.92 Å². The van der Waals surface area contributed by atoms with E-state index in [9.17, 15) is 9.59 Å². The monoisotopic (exact) mass is 265 g/mol. The van der Waals surface area contributed by atoms with Gasteiger partial charge in [0.2, 0.25) is 5.91 Å². The number of nitrogens with two attached hydrogens (primary N) is 1. The summed E-state index contributed by atoms with van der Waals surface area (Å²) in [7, 11) is 0. The molecule has 0 bridgehead atoms. The number of hydrazine groups is 1. The Kier molecular flexibility index (Phi) is 5.25. The van der Waals surface area contributed by atoms with Gasteiger partial charge in [0, 0.05) is 18.4 Å². The number of amides is 2. The normalized spacial score (nSPS) is 11.6. The van der Waals surface area contributed by atoms with E-state index < -0.39 is 11.9 Å². The minimum atomic E-state index is -0.626. The van der Waals surface area contributed by atoms with Crippen molar-refractivity contribution in [3.8, 4) is 0 Å². The second-order valence-corrected chi connectivity index (χ2v) is 4.11. The summed E-state index contributed by atoms with van der Waals surface area (Å²) in [5.74, 6) is 4.72. The van der Waals surface area contributed by atoms with Crippen molar-refractivity contribution in [1.29, 1.82) is 0 Å². The molecule has 7 nitrogen and oxygen atoms in total. The van der Waals surface area contributed by atoms with E-state index in [2.05, 4.69) is 21.0 Å². The molecule has 2 amide bonds. The standard InChI is InChI=1S/C12H19N5O2/c1-4-14-11(18)8(3)16-12(19)9-6-15-7(2)5-10(9)17-13/h5-6,8H,4,13H2,1-3H3,(H,14,18)(H,15,17)(H,16,19). The maximum Gasteiger partial charge on any atom is 0.255 e. The number of carbonyl (C=O) groups excluding carboxylic acids is 2. The molecule has 0 aliphatic rings. The Labute approximate surface area is 111 Å². The first-order valence-electron chi connectivity index (χ1n) is 6.01. The summed E-state index contributed by atoms with van der Waals surface area (Å²) in [5, 5.41) is 5.22. The highest BCUT2D eigenvalue weighted by Gasteiger charge is 2.18. The lowest BCUT2D eigenvalue weighted by Crippen LogP contribution is -2.44. The number of pyridine rings is 1. The van der Waals surface area contributed by atoms with Gasteiger partial charge in [-0.2, -0.15) is 0 Å². The Morgan fingerprint density at radius 2 is 2.16 bits per heavy atom. The number of aromatic nitrogens is 1. The predicted molar refractivity (Wildman–Crippen MR) is 72.4 cm³/mol. The van der Waals surface area contributed by atoms with Crippen LogP contribution in [-0.2, 0) is 4.79 Å². The molecule has 1 aromatic heterocycles. The number of carbonyl (C=O) groups is 2. The second-order valence-electron chi connectivity index (χ2n) is 4.11. The number of anilines is 1. The Hall–Kier alpha value is -2.15. The number of hydrogen-bond acceptors (Lipinski definition) is 5. The molecule has 1 rings (SSSR count). The van der Waals surface area contributed by atoms with Crippen LogP contribution < -0.4 is 21.9 Å². The summed E-state index contributed by atoms with van der Waals surface area (Å²) >= 11 is 0. The number of nitrogen functional groups attached to an aromatic ring is 1. The molecule has 1 unspecified atom stereocenters. The lowest BCUT2D eigenvalue weighted by Gasteiger charge is -2.15. The summed E-state index contributed by atoms with van der Waals surface area (Å²) in [4.78, 5) is 27.6. The van der Waals surface area contributed by atoms with E-state index in [1.54, 1.807) is 19.9 Å². The van der Waals surface area contributed by atoms with Crippen molar-refractivity contribution in [2.24, 2.45) is 5.84 Å². The van der Waals surface area contributed by atoms with Gasteiger partial charge in [0.1, 0.15) is 6.04 Å². The topological polar surface area (TPSA) is 109 Å². The molecule has 0 saturated heterocycles. The number of aryl methyl sites for hydroxylation is 1. The zero-order valence-electron chi connectivity index (χ0n) is 11.3. The number of likely N-dealkylation sites (N-methyl/N-ethyl adjacent to an activating group) is 1. The lowest BCUT2D eigenvalue weighted by molar-refractivity contribution is -0.122. The fraction of sp³-hybridized carbons (Fsp3) is 0.417. The van der Waals surface area contributed by atoms with Gasteiger partial charge in [0.05, 0.1) is 11.3 Å². The van der Waals surface area contributed by atoms with Gasteiger partial charge in [-0.1, -0.05) is 0 Å². The fourth-order valence-corrected chi connectivity index (χ4v) is 1.53. The van der Waals surface area contributed by atoms with Crippen molar-refractivity contribution in [3.63, 3.8) is 0 Å². The third kappa shape index (κ3) is 3.92. The van der Waals surface area contributed by atoms with Crippen LogP contribution in [-0.4, -0.2) is 29.4 Å². The lowest BCUT2D eigenvalue weighted by atomic mass is 10.2. The average molecular weight is 265 g/mol. The summed E-state index contributed by atoms with van der Waals surface area (Å²) in [6.45, 7) is 5.73. The Bertz CT molecular complexity index is 475. The van der Waals surface area contributed by atoms with Gasteiger partial charge in [-0.05, 0) is 26.8 Å². The molecule has 1 heterocycles. The molecular formula is C12H19N5O2. The molecule has 0 spiro atoms. The van der Waals surface area contributed by atoms with Crippen molar-refractivity contribution in [2.75, 3.05) is 12.0 Å². The Morgan fingerprint density at radius 3 is 2.74 bits per heavy atom.